The number of hydrogen-bond acceptors (Lipinski definition) is 1. The van der Waals surface area contributed by atoms with Gasteiger partial charge in [0.2, 0.25) is 0 Å². The smallest absolute Gasteiger partial charge is 0.0868 e. The molecule has 0 aliphatic heterocycles. The maximum absolute atomic E-state index is 6.18. The summed E-state index contributed by atoms with van der Waals surface area (Å²) in [6, 6.07) is 0. The Morgan fingerprint density at radius 3 is 2.00 bits per heavy atom. The van der Waals surface area contributed by atoms with E-state index in [0.29, 0.717) is 0 Å². The van der Waals surface area contributed by atoms with Crippen LogP contribution in [0.15, 0.2) is 12.2 Å². The van der Waals surface area contributed by atoms with Gasteiger partial charge >= 0.3 is 0 Å². The van der Waals surface area contributed by atoms with Crippen molar-refractivity contribution in [3.63, 3.8) is 0 Å². The molecule has 0 aromatic rings. The zero-order chi connectivity index (χ0) is 14.8. The molecule has 0 radical (unpaired) electrons. The number of unbranched alkanes of at least 4 members (excludes halogenated alkanes) is 10. The number of fused-ring (bicyclic) bond motifs is 2. The SMILES string of the molecule is CCCCCCCCCCCCCOC12C=CC(CC1)C2. The Morgan fingerprint density at radius 2 is 1.52 bits per heavy atom. The van der Waals surface area contributed by atoms with Gasteiger partial charge in [0, 0.05) is 6.61 Å². The molecule has 2 rings (SSSR count). The van der Waals surface area contributed by atoms with E-state index in [1.807, 2.05) is 0 Å². The molecule has 2 atom stereocenters. The first kappa shape index (κ1) is 17.1. The molecule has 1 nitrogen and oxygen atoms in total. The van der Waals surface area contributed by atoms with Crippen LogP contribution in [0.25, 0.3) is 0 Å². The summed E-state index contributed by atoms with van der Waals surface area (Å²) in [5, 5.41) is 0. The highest BCUT2D eigenvalue weighted by atomic mass is 16.5. The lowest BCUT2D eigenvalue weighted by atomic mass is 10.0. The fraction of sp³-hybridized carbons (Fsp3) is 0.900. The van der Waals surface area contributed by atoms with Crippen LogP contribution in [0.1, 0.15) is 96.8 Å². The van der Waals surface area contributed by atoms with E-state index in [4.69, 9.17) is 4.74 Å². The van der Waals surface area contributed by atoms with Crippen molar-refractivity contribution in [3.8, 4) is 0 Å². The zero-order valence-electron chi connectivity index (χ0n) is 14.2. The Hall–Kier alpha value is -0.300. The lowest BCUT2D eigenvalue weighted by Crippen LogP contribution is -2.25. The van der Waals surface area contributed by atoms with Crippen LogP contribution in [0.2, 0.25) is 0 Å². The number of rotatable bonds is 13. The van der Waals surface area contributed by atoms with E-state index >= 15 is 0 Å². The minimum atomic E-state index is 0.170. The van der Waals surface area contributed by atoms with E-state index in [1.165, 1.54) is 89.9 Å². The Bertz CT molecular complexity index is 296. The predicted molar refractivity (Wildman–Crippen MR) is 91.6 cm³/mol. The van der Waals surface area contributed by atoms with E-state index in [2.05, 4.69) is 19.1 Å². The molecule has 21 heavy (non-hydrogen) atoms. The predicted octanol–water partition coefficient (Wildman–Crippen LogP) is 6.42. The van der Waals surface area contributed by atoms with Crippen molar-refractivity contribution < 1.29 is 4.74 Å². The molecule has 0 spiro atoms. The Labute approximate surface area is 132 Å². The van der Waals surface area contributed by atoms with Crippen molar-refractivity contribution in [2.75, 3.05) is 6.61 Å². The first-order valence-electron chi connectivity index (χ1n) is 9.68. The number of hydrogen-bond donors (Lipinski definition) is 0. The average molecular weight is 293 g/mol. The molecule has 0 heterocycles. The van der Waals surface area contributed by atoms with Gasteiger partial charge in [0.1, 0.15) is 0 Å². The Kier molecular flexibility index (Phi) is 7.85. The largest absolute Gasteiger partial charge is 0.371 e. The van der Waals surface area contributed by atoms with E-state index in [0.717, 1.165) is 12.5 Å². The molecule has 2 unspecified atom stereocenters. The molecule has 2 aliphatic rings. The summed E-state index contributed by atoms with van der Waals surface area (Å²) in [6.45, 7) is 3.27. The van der Waals surface area contributed by atoms with Gasteiger partial charge in [0.15, 0.2) is 0 Å². The lowest BCUT2D eigenvalue weighted by molar-refractivity contribution is -0.00279. The Balaban J connectivity index is 1.32. The van der Waals surface area contributed by atoms with E-state index in [9.17, 15) is 0 Å². The molecule has 0 saturated heterocycles. The number of ether oxygens (including phenoxy) is 1. The van der Waals surface area contributed by atoms with Crippen molar-refractivity contribution in [1.82, 2.24) is 0 Å². The van der Waals surface area contributed by atoms with Crippen molar-refractivity contribution in [2.45, 2.75) is 102 Å². The van der Waals surface area contributed by atoms with Crippen molar-refractivity contribution in [3.05, 3.63) is 12.2 Å². The number of allylic oxidation sites excluding steroid dienone is 1. The third-order valence-electron chi connectivity index (χ3n) is 5.36. The molecule has 0 aromatic carbocycles. The van der Waals surface area contributed by atoms with Crippen molar-refractivity contribution in [1.29, 1.82) is 0 Å². The van der Waals surface area contributed by atoms with Gasteiger partial charge in [-0.1, -0.05) is 83.3 Å². The molecule has 1 fully saturated rings. The minimum absolute atomic E-state index is 0.170. The summed E-state index contributed by atoms with van der Waals surface area (Å²) >= 11 is 0. The average Bonchev–Trinajstić information content (AvgIpc) is 3.09. The first-order valence-corrected chi connectivity index (χ1v) is 9.68. The summed E-state index contributed by atoms with van der Waals surface area (Å²) in [5.41, 5.74) is 0.170. The third kappa shape index (κ3) is 6.14. The molecule has 1 heteroatoms. The van der Waals surface area contributed by atoms with Gasteiger partial charge in [-0.15, -0.1) is 0 Å². The van der Waals surface area contributed by atoms with Gasteiger partial charge in [-0.2, -0.15) is 0 Å². The zero-order valence-corrected chi connectivity index (χ0v) is 14.2. The van der Waals surface area contributed by atoms with Crippen molar-refractivity contribution in [2.24, 2.45) is 5.92 Å². The van der Waals surface area contributed by atoms with Gasteiger partial charge in [0.25, 0.3) is 0 Å². The van der Waals surface area contributed by atoms with Gasteiger partial charge in [0.05, 0.1) is 5.60 Å². The summed E-state index contributed by atoms with van der Waals surface area (Å²) in [7, 11) is 0. The van der Waals surface area contributed by atoms with Gasteiger partial charge in [-0.05, 0) is 31.6 Å². The van der Waals surface area contributed by atoms with Crippen LogP contribution in [0.3, 0.4) is 0 Å². The van der Waals surface area contributed by atoms with Gasteiger partial charge in [-0.3, -0.25) is 0 Å². The van der Waals surface area contributed by atoms with E-state index in [1.54, 1.807) is 0 Å². The molecule has 0 N–H and O–H groups in total. The second kappa shape index (κ2) is 9.66. The molecular formula is C20H36O. The standard InChI is InChI=1S/C20H36O/c1-2-3-4-5-6-7-8-9-10-11-12-17-21-20-15-13-19(18-20)14-16-20/h13,15,19H,2-12,14,16-18H2,1H3. The maximum Gasteiger partial charge on any atom is 0.0868 e. The fourth-order valence-electron chi connectivity index (χ4n) is 3.93. The van der Waals surface area contributed by atoms with Crippen LogP contribution < -0.4 is 0 Å². The van der Waals surface area contributed by atoms with Crippen LogP contribution in [0.5, 0.6) is 0 Å². The molecule has 0 amide bonds. The molecule has 2 aliphatic carbocycles. The van der Waals surface area contributed by atoms with Gasteiger partial charge in [-0.25, -0.2) is 0 Å². The quantitative estimate of drug-likeness (QED) is 0.281. The highest BCUT2D eigenvalue weighted by Crippen LogP contribution is 2.44. The molecular weight excluding hydrogens is 256 g/mol. The maximum atomic E-state index is 6.18. The molecule has 2 bridgehead atoms. The van der Waals surface area contributed by atoms with Crippen LogP contribution >= 0.6 is 0 Å². The summed E-state index contributed by atoms with van der Waals surface area (Å²) in [5.74, 6) is 0.835. The lowest BCUT2D eigenvalue weighted by Gasteiger charge is -2.24. The topological polar surface area (TPSA) is 9.23 Å². The second-order valence-electron chi connectivity index (χ2n) is 7.31. The van der Waals surface area contributed by atoms with Crippen LogP contribution in [0.4, 0.5) is 0 Å². The van der Waals surface area contributed by atoms with Crippen LogP contribution in [-0.4, -0.2) is 12.2 Å². The monoisotopic (exact) mass is 292 g/mol. The van der Waals surface area contributed by atoms with Crippen LogP contribution in [-0.2, 0) is 4.74 Å². The van der Waals surface area contributed by atoms with E-state index in [-0.39, 0.29) is 5.60 Å². The van der Waals surface area contributed by atoms with E-state index < -0.39 is 0 Å². The summed E-state index contributed by atoms with van der Waals surface area (Å²) < 4.78 is 6.18. The highest BCUT2D eigenvalue weighted by Gasteiger charge is 2.41. The Morgan fingerprint density at radius 1 is 0.905 bits per heavy atom. The third-order valence-corrected chi connectivity index (χ3v) is 5.36. The van der Waals surface area contributed by atoms with Crippen molar-refractivity contribution >= 4 is 0 Å². The summed E-state index contributed by atoms with van der Waals surface area (Å²) in [4.78, 5) is 0. The molecule has 1 saturated carbocycles. The molecule has 122 valence electrons. The normalized spacial score (nSPS) is 26.8. The molecule has 0 aromatic heterocycles. The first-order chi connectivity index (χ1) is 10.3. The van der Waals surface area contributed by atoms with Gasteiger partial charge < -0.3 is 4.74 Å². The minimum Gasteiger partial charge on any atom is -0.371 e. The summed E-state index contributed by atoms with van der Waals surface area (Å²) in [6.07, 6.45) is 24.1. The fourth-order valence-corrected chi connectivity index (χ4v) is 3.93. The van der Waals surface area contributed by atoms with Crippen LogP contribution in [0, 0.1) is 5.92 Å². The second-order valence-corrected chi connectivity index (χ2v) is 7.31. The highest BCUT2D eigenvalue weighted by molar-refractivity contribution is 5.18.